The number of benzene rings is 1. The zero-order chi connectivity index (χ0) is 19.0. The summed E-state index contributed by atoms with van der Waals surface area (Å²) < 4.78 is 89.7. The highest BCUT2D eigenvalue weighted by atomic mass is 35.5. The Hall–Kier alpha value is -1.50. The maximum absolute atomic E-state index is 12.9. The van der Waals surface area contributed by atoms with Gasteiger partial charge < -0.3 is 0 Å². The third kappa shape index (κ3) is 5.23. The van der Waals surface area contributed by atoms with E-state index in [1.165, 1.54) is 12.1 Å². The van der Waals surface area contributed by atoms with Crippen LogP contribution in [0.15, 0.2) is 34.5 Å². The summed E-state index contributed by atoms with van der Waals surface area (Å²) in [4.78, 5) is 0. The van der Waals surface area contributed by atoms with Crippen molar-refractivity contribution in [2.75, 3.05) is 15.7 Å². The number of thiophene rings is 1. The molecule has 0 amide bonds. The van der Waals surface area contributed by atoms with Gasteiger partial charge in [0.05, 0.1) is 27.5 Å². The Morgan fingerprint density at radius 2 is 1.64 bits per heavy atom. The maximum atomic E-state index is 12.9. The van der Waals surface area contributed by atoms with Crippen molar-refractivity contribution in [2.45, 2.75) is 10.4 Å². The van der Waals surface area contributed by atoms with Crippen LogP contribution in [0.3, 0.4) is 0 Å². The van der Waals surface area contributed by atoms with E-state index in [-0.39, 0.29) is 14.2 Å². The van der Waals surface area contributed by atoms with E-state index in [4.69, 9.17) is 11.6 Å². The molecule has 13 heteroatoms. The Labute approximate surface area is 150 Å². The quantitative estimate of drug-likeness (QED) is 0.752. The van der Waals surface area contributed by atoms with Crippen LogP contribution in [0.1, 0.15) is 5.56 Å². The van der Waals surface area contributed by atoms with E-state index >= 15 is 0 Å². The molecule has 138 valence electrons. The van der Waals surface area contributed by atoms with Gasteiger partial charge in [-0.2, -0.15) is 13.2 Å². The topological polar surface area (TPSA) is 92.3 Å². The van der Waals surface area contributed by atoms with Crippen LogP contribution >= 0.6 is 22.9 Å². The van der Waals surface area contributed by atoms with Crippen molar-refractivity contribution < 1.29 is 30.0 Å². The van der Waals surface area contributed by atoms with E-state index in [0.717, 1.165) is 12.3 Å². The van der Waals surface area contributed by atoms with Gasteiger partial charge in [-0.05, 0) is 30.3 Å². The minimum atomic E-state index is -4.74. The largest absolute Gasteiger partial charge is 0.416 e. The Balaban J connectivity index is 2.52. The smallest absolute Gasteiger partial charge is 0.282 e. The van der Waals surface area contributed by atoms with Gasteiger partial charge in [0.15, 0.2) is 0 Å². The molecule has 0 bridgehead atoms. The summed E-state index contributed by atoms with van der Waals surface area (Å²) >= 11 is 6.36. The van der Waals surface area contributed by atoms with E-state index in [2.05, 4.69) is 0 Å². The molecular weight excluding hydrogens is 425 g/mol. The molecule has 0 saturated heterocycles. The van der Waals surface area contributed by atoms with Crippen molar-refractivity contribution in [1.29, 1.82) is 0 Å². The van der Waals surface area contributed by atoms with Crippen LogP contribution in [0.5, 0.6) is 0 Å². The number of rotatable bonds is 5. The molecule has 0 atom stereocenters. The molecular formula is C12H10ClF3N2O4S3. The van der Waals surface area contributed by atoms with E-state index in [0.29, 0.717) is 23.5 Å². The molecule has 1 aromatic heterocycles. The Kier molecular flexibility index (Phi) is 5.28. The average Bonchev–Trinajstić information content (AvgIpc) is 2.85. The predicted octanol–water partition coefficient (Wildman–Crippen LogP) is 3.59. The lowest BCUT2D eigenvalue weighted by atomic mass is 10.2. The lowest BCUT2D eigenvalue weighted by molar-refractivity contribution is -0.137. The fourth-order valence-electron chi connectivity index (χ4n) is 1.73. The summed E-state index contributed by atoms with van der Waals surface area (Å²) in [5.41, 5.74) is -2.06. The molecule has 0 saturated carbocycles. The summed E-state index contributed by atoms with van der Waals surface area (Å²) in [5.74, 6) is 0. The first kappa shape index (κ1) is 19.8. The number of sulfonamides is 2. The second-order valence-electron chi connectivity index (χ2n) is 4.80. The Bertz CT molecular complexity index is 1000. The fourth-order valence-corrected chi connectivity index (χ4v) is 4.86. The zero-order valence-electron chi connectivity index (χ0n) is 12.3. The molecule has 1 aromatic carbocycles. The average molecular weight is 435 g/mol. The van der Waals surface area contributed by atoms with E-state index in [1.807, 2.05) is 9.44 Å². The van der Waals surface area contributed by atoms with E-state index in [9.17, 15) is 30.0 Å². The molecule has 2 aromatic rings. The molecule has 0 aliphatic rings. The van der Waals surface area contributed by atoms with Gasteiger partial charge in [-0.25, -0.2) is 16.8 Å². The third-order valence-corrected chi connectivity index (χ3v) is 6.38. The minimum absolute atomic E-state index is 0.166. The summed E-state index contributed by atoms with van der Waals surface area (Å²) in [6.45, 7) is 0. The zero-order valence-corrected chi connectivity index (χ0v) is 15.5. The molecule has 1 heterocycles. The summed E-state index contributed by atoms with van der Waals surface area (Å²) in [5, 5.41) is 0. The van der Waals surface area contributed by atoms with Gasteiger partial charge >= 0.3 is 6.18 Å². The number of nitrogens with one attached hydrogen (secondary N) is 2. The first-order valence-electron chi connectivity index (χ1n) is 6.25. The van der Waals surface area contributed by atoms with Crippen LogP contribution in [-0.4, -0.2) is 23.1 Å². The number of alkyl halides is 3. The SMILES string of the molecule is CS(=O)(=O)Nc1ccc(C(F)(F)F)cc1NS(=O)(=O)c1ccc(Cl)s1. The number of hydrogen-bond donors (Lipinski definition) is 2. The minimum Gasteiger partial charge on any atom is -0.282 e. The number of halogens is 4. The highest BCUT2D eigenvalue weighted by molar-refractivity contribution is 7.94. The lowest BCUT2D eigenvalue weighted by Crippen LogP contribution is -2.17. The highest BCUT2D eigenvalue weighted by Crippen LogP contribution is 2.36. The van der Waals surface area contributed by atoms with Gasteiger partial charge in [0, 0.05) is 0 Å². The standard InChI is InChI=1S/C12H10ClF3N2O4S3/c1-24(19,20)17-8-3-2-7(12(14,15)16)6-9(8)18-25(21,22)11-5-4-10(13)23-11/h2-6,17-18H,1H3. The van der Waals surface area contributed by atoms with Crippen LogP contribution < -0.4 is 9.44 Å². The highest BCUT2D eigenvalue weighted by Gasteiger charge is 2.32. The monoisotopic (exact) mass is 434 g/mol. The summed E-state index contributed by atoms with van der Waals surface area (Å²) in [6.07, 6.45) is -3.96. The van der Waals surface area contributed by atoms with Gasteiger partial charge in [-0.1, -0.05) is 11.6 Å². The van der Waals surface area contributed by atoms with Gasteiger partial charge in [-0.3, -0.25) is 9.44 Å². The molecule has 6 nitrogen and oxygen atoms in total. The summed E-state index contributed by atoms with van der Waals surface area (Å²) in [7, 11) is -8.10. The van der Waals surface area contributed by atoms with Crippen molar-refractivity contribution in [3.05, 3.63) is 40.2 Å². The van der Waals surface area contributed by atoms with Crippen molar-refractivity contribution >= 4 is 54.4 Å². The molecule has 0 fully saturated rings. The van der Waals surface area contributed by atoms with Gasteiger partial charge in [-0.15, -0.1) is 11.3 Å². The van der Waals surface area contributed by atoms with Gasteiger partial charge in [0.25, 0.3) is 10.0 Å². The molecule has 0 aliphatic heterocycles. The maximum Gasteiger partial charge on any atom is 0.416 e. The molecule has 2 rings (SSSR count). The van der Waals surface area contributed by atoms with Crippen LogP contribution in [0.2, 0.25) is 4.34 Å². The molecule has 0 spiro atoms. The number of hydrogen-bond acceptors (Lipinski definition) is 5. The first-order chi connectivity index (χ1) is 11.3. The molecule has 0 radical (unpaired) electrons. The van der Waals surface area contributed by atoms with Crippen molar-refractivity contribution in [3.63, 3.8) is 0 Å². The normalized spacial score (nSPS) is 12.8. The van der Waals surface area contributed by atoms with Crippen LogP contribution in [0, 0.1) is 0 Å². The molecule has 25 heavy (non-hydrogen) atoms. The number of anilines is 2. The van der Waals surface area contributed by atoms with Crippen LogP contribution in [-0.2, 0) is 26.2 Å². The van der Waals surface area contributed by atoms with Crippen LogP contribution in [0.25, 0.3) is 0 Å². The predicted molar refractivity (Wildman–Crippen MR) is 90.0 cm³/mol. The van der Waals surface area contributed by atoms with Crippen molar-refractivity contribution in [2.24, 2.45) is 0 Å². The Morgan fingerprint density at radius 3 is 2.12 bits per heavy atom. The van der Waals surface area contributed by atoms with Gasteiger partial charge in [0.1, 0.15) is 4.21 Å². The van der Waals surface area contributed by atoms with E-state index < -0.39 is 37.5 Å². The third-order valence-electron chi connectivity index (χ3n) is 2.70. The fraction of sp³-hybridized carbons (Fsp3) is 0.167. The second kappa shape index (κ2) is 6.67. The van der Waals surface area contributed by atoms with Gasteiger partial charge in [0.2, 0.25) is 10.0 Å². The Morgan fingerprint density at radius 1 is 1.00 bits per heavy atom. The van der Waals surface area contributed by atoms with Crippen molar-refractivity contribution in [3.8, 4) is 0 Å². The van der Waals surface area contributed by atoms with Crippen LogP contribution in [0.4, 0.5) is 24.5 Å². The summed E-state index contributed by atoms with van der Waals surface area (Å²) in [6, 6.07) is 4.44. The molecule has 2 N–H and O–H groups in total. The second-order valence-corrected chi connectivity index (χ2v) is 10.2. The van der Waals surface area contributed by atoms with Crippen molar-refractivity contribution in [1.82, 2.24) is 0 Å². The van der Waals surface area contributed by atoms with E-state index in [1.54, 1.807) is 0 Å². The first-order valence-corrected chi connectivity index (χ1v) is 10.8. The molecule has 0 aliphatic carbocycles. The lowest BCUT2D eigenvalue weighted by Gasteiger charge is -2.15. The molecule has 0 unspecified atom stereocenters.